The number of nitrogens with two attached hydrogens (primary N) is 1. The quantitative estimate of drug-likeness (QED) is 0.666. The van der Waals surface area contributed by atoms with Gasteiger partial charge in [-0.2, -0.15) is 4.98 Å². The van der Waals surface area contributed by atoms with Gasteiger partial charge in [-0.3, -0.25) is 0 Å². The number of benzene rings is 2. The summed E-state index contributed by atoms with van der Waals surface area (Å²) in [5.41, 5.74) is 9.07. The molecule has 0 saturated carbocycles. The number of rotatable bonds is 5. The van der Waals surface area contributed by atoms with E-state index in [-0.39, 0.29) is 5.88 Å². The van der Waals surface area contributed by atoms with E-state index in [1.165, 1.54) is 6.33 Å². The number of aryl methyl sites for hydroxylation is 2. The van der Waals surface area contributed by atoms with E-state index in [1.54, 1.807) is 7.11 Å². The third-order valence-electron chi connectivity index (χ3n) is 3.83. The lowest BCUT2D eigenvalue weighted by atomic mass is 10.1. The van der Waals surface area contributed by atoms with E-state index in [0.717, 1.165) is 16.8 Å². The van der Waals surface area contributed by atoms with Crippen molar-refractivity contribution in [3.05, 3.63) is 58.9 Å². The molecule has 0 aliphatic heterocycles. The molecule has 3 rings (SSSR count). The van der Waals surface area contributed by atoms with Crippen LogP contribution in [0.5, 0.6) is 17.4 Å². The van der Waals surface area contributed by atoms with Crippen molar-refractivity contribution in [1.29, 1.82) is 0 Å². The molecule has 1 aromatic heterocycles. The normalized spacial score (nSPS) is 10.5. The van der Waals surface area contributed by atoms with E-state index in [1.807, 2.05) is 50.2 Å². The second kappa shape index (κ2) is 7.49. The SMILES string of the molecule is COc1ccccc1Nc1ncnc(Oc2cc(C)c(Cl)c(C)c2)c1N. The zero-order valence-corrected chi connectivity index (χ0v) is 15.5. The largest absolute Gasteiger partial charge is 0.495 e. The lowest BCUT2D eigenvalue weighted by Gasteiger charge is -2.14. The number of halogens is 1. The molecule has 3 aromatic rings. The Balaban J connectivity index is 1.90. The maximum Gasteiger partial charge on any atom is 0.248 e. The highest BCUT2D eigenvalue weighted by Gasteiger charge is 2.13. The van der Waals surface area contributed by atoms with Gasteiger partial charge in [0.2, 0.25) is 5.88 Å². The number of anilines is 3. The fourth-order valence-electron chi connectivity index (χ4n) is 2.51. The first-order valence-corrected chi connectivity index (χ1v) is 8.32. The summed E-state index contributed by atoms with van der Waals surface area (Å²) in [6.45, 7) is 3.83. The number of nitrogen functional groups attached to an aromatic ring is 1. The topological polar surface area (TPSA) is 82.3 Å². The smallest absolute Gasteiger partial charge is 0.248 e. The Morgan fingerprint density at radius 1 is 1.08 bits per heavy atom. The van der Waals surface area contributed by atoms with Gasteiger partial charge in [-0.15, -0.1) is 0 Å². The van der Waals surface area contributed by atoms with Gasteiger partial charge in [0.15, 0.2) is 5.82 Å². The number of hydrogen-bond donors (Lipinski definition) is 2. The van der Waals surface area contributed by atoms with Gasteiger partial charge in [0, 0.05) is 5.02 Å². The molecule has 0 amide bonds. The van der Waals surface area contributed by atoms with E-state index in [2.05, 4.69) is 15.3 Å². The minimum atomic E-state index is 0.263. The number of methoxy groups -OCH3 is 1. The highest BCUT2D eigenvalue weighted by Crippen LogP contribution is 2.35. The molecule has 0 spiro atoms. The molecular weight excluding hydrogens is 352 g/mol. The monoisotopic (exact) mass is 370 g/mol. The van der Waals surface area contributed by atoms with Crippen LogP contribution in [0, 0.1) is 13.8 Å². The van der Waals surface area contributed by atoms with Crippen molar-refractivity contribution >= 4 is 28.8 Å². The average Bonchev–Trinajstić information content (AvgIpc) is 2.63. The summed E-state index contributed by atoms with van der Waals surface area (Å²) in [5.74, 6) is 1.98. The Hall–Kier alpha value is -2.99. The molecule has 0 aliphatic carbocycles. The maximum atomic E-state index is 6.20. The van der Waals surface area contributed by atoms with Crippen LogP contribution in [0.1, 0.15) is 11.1 Å². The first-order chi connectivity index (χ1) is 12.5. The number of aromatic nitrogens is 2. The fourth-order valence-corrected chi connectivity index (χ4v) is 2.62. The zero-order chi connectivity index (χ0) is 18.7. The van der Waals surface area contributed by atoms with Gasteiger partial charge in [0.25, 0.3) is 0 Å². The van der Waals surface area contributed by atoms with E-state index in [9.17, 15) is 0 Å². The third kappa shape index (κ3) is 3.65. The van der Waals surface area contributed by atoms with Crippen LogP contribution in [-0.4, -0.2) is 17.1 Å². The predicted molar refractivity (Wildman–Crippen MR) is 104 cm³/mol. The second-order valence-corrected chi connectivity index (χ2v) is 6.12. The molecule has 0 atom stereocenters. The summed E-state index contributed by atoms with van der Waals surface area (Å²) in [5, 5.41) is 3.86. The summed E-state index contributed by atoms with van der Waals surface area (Å²) in [4.78, 5) is 8.33. The van der Waals surface area contributed by atoms with Crippen LogP contribution in [0.15, 0.2) is 42.7 Å². The van der Waals surface area contributed by atoms with Crippen LogP contribution in [0.25, 0.3) is 0 Å². The van der Waals surface area contributed by atoms with E-state index in [4.69, 9.17) is 26.8 Å². The first-order valence-electron chi connectivity index (χ1n) is 7.94. The van der Waals surface area contributed by atoms with Crippen molar-refractivity contribution in [1.82, 2.24) is 9.97 Å². The number of hydrogen-bond acceptors (Lipinski definition) is 6. The van der Waals surface area contributed by atoms with Gasteiger partial charge < -0.3 is 20.5 Å². The third-order valence-corrected chi connectivity index (χ3v) is 4.43. The van der Waals surface area contributed by atoms with Gasteiger partial charge in [0.1, 0.15) is 23.5 Å². The molecular formula is C19H19ClN4O2. The second-order valence-electron chi connectivity index (χ2n) is 5.74. The molecule has 0 fully saturated rings. The Bertz CT molecular complexity index is 924. The van der Waals surface area contributed by atoms with Crippen molar-refractivity contribution in [2.45, 2.75) is 13.8 Å². The lowest BCUT2D eigenvalue weighted by molar-refractivity contribution is 0.417. The maximum absolute atomic E-state index is 6.20. The van der Waals surface area contributed by atoms with Crippen LogP contribution in [-0.2, 0) is 0 Å². The summed E-state index contributed by atoms with van der Waals surface area (Å²) in [6, 6.07) is 11.2. The summed E-state index contributed by atoms with van der Waals surface area (Å²) < 4.78 is 11.2. The van der Waals surface area contributed by atoms with Crippen molar-refractivity contribution in [3.63, 3.8) is 0 Å². The van der Waals surface area contributed by atoms with Crippen LogP contribution >= 0.6 is 11.6 Å². The first kappa shape index (κ1) is 17.8. The number of ether oxygens (including phenoxy) is 2. The number of nitrogens with zero attached hydrogens (tertiary/aromatic N) is 2. The number of nitrogens with one attached hydrogen (secondary N) is 1. The van der Waals surface area contributed by atoms with Gasteiger partial charge in [-0.05, 0) is 49.2 Å². The van der Waals surface area contributed by atoms with Crippen molar-refractivity contribution < 1.29 is 9.47 Å². The Labute approximate surface area is 156 Å². The zero-order valence-electron chi connectivity index (χ0n) is 14.7. The number of para-hydroxylation sites is 2. The minimum Gasteiger partial charge on any atom is -0.495 e. The standard InChI is InChI=1S/C19H19ClN4O2/c1-11-8-13(9-12(2)16(11)20)26-19-17(21)18(22-10-23-19)24-14-6-4-5-7-15(14)25-3/h4-10H,21H2,1-3H3,(H,22,23,24). The van der Waals surface area contributed by atoms with Gasteiger partial charge in [0.05, 0.1) is 12.8 Å². The average molecular weight is 371 g/mol. The molecule has 0 bridgehead atoms. The molecule has 0 unspecified atom stereocenters. The molecule has 0 saturated heterocycles. The molecule has 3 N–H and O–H groups in total. The molecule has 134 valence electrons. The predicted octanol–water partition coefficient (Wildman–Crippen LogP) is 4.87. The van der Waals surface area contributed by atoms with Crippen LogP contribution in [0.4, 0.5) is 17.2 Å². The van der Waals surface area contributed by atoms with E-state index >= 15 is 0 Å². The molecule has 26 heavy (non-hydrogen) atoms. The van der Waals surface area contributed by atoms with Gasteiger partial charge in [-0.25, -0.2) is 4.98 Å². The molecule has 6 nitrogen and oxygen atoms in total. The Kier molecular flexibility index (Phi) is 5.14. The highest BCUT2D eigenvalue weighted by molar-refractivity contribution is 6.32. The van der Waals surface area contributed by atoms with Gasteiger partial charge in [-0.1, -0.05) is 23.7 Å². The highest BCUT2D eigenvalue weighted by atomic mass is 35.5. The van der Waals surface area contributed by atoms with Crippen LogP contribution in [0.2, 0.25) is 5.02 Å². The molecule has 7 heteroatoms. The Morgan fingerprint density at radius 3 is 2.46 bits per heavy atom. The van der Waals surface area contributed by atoms with E-state index < -0.39 is 0 Å². The summed E-state index contributed by atoms with van der Waals surface area (Å²) >= 11 is 6.20. The summed E-state index contributed by atoms with van der Waals surface area (Å²) in [7, 11) is 1.60. The fraction of sp³-hybridized carbons (Fsp3) is 0.158. The molecule has 0 radical (unpaired) electrons. The minimum absolute atomic E-state index is 0.263. The van der Waals surface area contributed by atoms with Crippen LogP contribution in [0.3, 0.4) is 0 Å². The van der Waals surface area contributed by atoms with Crippen LogP contribution < -0.4 is 20.5 Å². The van der Waals surface area contributed by atoms with Crippen molar-refractivity contribution in [2.24, 2.45) is 0 Å². The van der Waals surface area contributed by atoms with E-state index in [0.29, 0.717) is 28.0 Å². The Morgan fingerprint density at radius 2 is 1.77 bits per heavy atom. The summed E-state index contributed by atoms with van der Waals surface area (Å²) in [6.07, 6.45) is 1.39. The molecule has 2 aromatic carbocycles. The van der Waals surface area contributed by atoms with Crippen molar-refractivity contribution in [3.8, 4) is 17.4 Å². The molecule has 1 heterocycles. The lowest BCUT2D eigenvalue weighted by Crippen LogP contribution is -2.04. The van der Waals surface area contributed by atoms with Gasteiger partial charge >= 0.3 is 0 Å². The van der Waals surface area contributed by atoms with Crippen molar-refractivity contribution in [2.75, 3.05) is 18.2 Å². The molecule has 0 aliphatic rings.